The van der Waals surface area contributed by atoms with Crippen molar-refractivity contribution in [2.45, 2.75) is 109 Å². The molecule has 22 heavy (non-hydrogen) atoms. The van der Waals surface area contributed by atoms with Gasteiger partial charge in [-0.1, -0.05) is 77.6 Å². The number of hydrogen-bond donors (Lipinski definition) is 0. The van der Waals surface area contributed by atoms with E-state index < -0.39 is 0 Å². The summed E-state index contributed by atoms with van der Waals surface area (Å²) < 4.78 is 0. The zero-order valence-corrected chi connectivity index (χ0v) is 14.7. The maximum Gasteiger partial charge on any atom is 0.152 e. The summed E-state index contributed by atoms with van der Waals surface area (Å²) in [5, 5.41) is 0. The molecule has 0 unspecified atom stereocenters. The van der Waals surface area contributed by atoms with Crippen LogP contribution in [-0.2, 0) is 0 Å². The van der Waals surface area contributed by atoms with E-state index in [1.165, 1.54) is 96.3 Å². The Kier molecular flexibility index (Phi) is 8.18. The van der Waals surface area contributed by atoms with E-state index in [0.29, 0.717) is 5.92 Å². The van der Waals surface area contributed by atoms with Crippen LogP contribution < -0.4 is 0 Å². The molecule has 0 saturated heterocycles. The average Bonchev–Trinajstić information content (AvgIpc) is 3.04. The van der Waals surface area contributed by atoms with Crippen molar-refractivity contribution in [2.75, 3.05) is 0 Å². The van der Waals surface area contributed by atoms with Gasteiger partial charge in [-0.3, -0.25) is 9.98 Å². The van der Waals surface area contributed by atoms with Crippen LogP contribution in [0.2, 0.25) is 0 Å². The lowest BCUT2D eigenvalue weighted by Crippen LogP contribution is -2.34. The fourth-order valence-electron chi connectivity index (χ4n) is 4.16. The minimum absolute atomic E-state index is 0.0540. The summed E-state index contributed by atoms with van der Waals surface area (Å²) in [5.41, 5.74) is -0.0540. The lowest BCUT2D eigenvalue weighted by atomic mass is 9.78. The van der Waals surface area contributed by atoms with E-state index in [4.69, 9.17) is 9.98 Å². The van der Waals surface area contributed by atoms with E-state index in [9.17, 15) is 0 Å². The summed E-state index contributed by atoms with van der Waals surface area (Å²) in [6.07, 6.45) is 24.5. The van der Waals surface area contributed by atoms with Gasteiger partial charge in [-0.05, 0) is 25.7 Å². The maximum atomic E-state index is 4.81. The first kappa shape index (κ1) is 17.7. The Balaban J connectivity index is 1.59. The summed E-state index contributed by atoms with van der Waals surface area (Å²) in [6.45, 7) is 2.29. The van der Waals surface area contributed by atoms with Gasteiger partial charge in [0.1, 0.15) is 0 Å². The molecular weight excluding hydrogens is 268 g/mol. The molecule has 0 atom stereocenters. The lowest BCUT2D eigenvalue weighted by Gasteiger charge is -2.35. The zero-order valence-electron chi connectivity index (χ0n) is 14.7. The molecule has 0 aromatic heterocycles. The van der Waals surface area contributed by atoms with Gasteiger partial charge in [-0.2, -0.15) is 0 Å². The highest BCUT2D eigenvalue weighted by Gasteiger charge is 2.38. The topological polar surface area (TPSA) is 24.7 Å². The standard InChI is InChI=1S/C20H36N2/c1-2-3-4-5-6-7-8-9-13-16-20(21-17-18-22-20)19-14-11-10-12-15-19/h17-19H,2-16H2,1H3. The van der Waals surface area contributed by atoms with Crippen LogP contribution >= 0.6 is 0 Å². The predicted molar refractivity (Wildman–Crippen MR) is 98.1 cm³/mol. The van der Waals surface area contributed by atoms with Crippen LogP contribution in [0.3, 0.4) is 0 Å². The van der Waals surface area contributed by atoms with Gasteiger partial charge < -0.3 is 0 Å². The van der Waals surface area contributed by atoms with Gasteiger partial charge in [0.15, 0.2) is 5.66 Å². The largest absolute Gasteiger partial charge is 0.262 e. The van der Waals surface area contributed by atoms with E-state index in [-0.39, 0.29) is 5.66 Å². The van der Waals surface area contributed by atoms with Crippen molar-refractivity contribution in [3.05, 3.63) is 0 Å². The molecule has 2 rings (SSSR count). The first-order chi connectivity index (χ1) is 10.9. The number of aliphatic imine (C=N–C) groups is 2. The molecule has 0 spiro atoms. The van der Waals surface area contributed by atoms with Crippen molar-refractivity contribution in [1.82, 2.24) is 0 Å². The fourth-order valence-corrected chi connectivity index (χ4v) is 4.16. The summed E-state index contributed by atoms with van der Waals surface area (Å²) in [7, 11) is 0. The molecule has 2 aliphatic rings. The average molecular weight is 305 g/mol. The number of nitrogens with zero attached hydrogens (tertiary/aromatic N) is 2. The molecule has 1 aliphatic heterocycles. The van der Waals surface area contributed by atoms with Gasteiger partial charge in [0.25, 0.3) is 0 Å². The van der Waals surface area contributed by atoms with Crippen molar-refractivity contribution >= 4 is 12.4 Å². The summed E-state index contributed by atoms with van der Waals surface area (Å²) >= 11 is 0. The molecule has 1 saturated carbocycles. The van der Waals surface area contributed by atoms with Crippen LogP contribution in [-0.4, -0.2) is 18.1 Å². The van der Waals surface area contributed by atoms with Crippen LogP contribution in [0.5, 0.6) is 0 Å². The molecule has 126 valence electrons. The molecular formula is C20H36N2. The van der Waals surface area contributed by atoms with Crippen LogP contribution in [0.1, 0.15) is 103 Å². The van der Waals surface area contributed by atoms with Crippen LogP contribution in [0, 0.1) is 5.92 Å². The highest BCUT2D eigenvalue weighted by molar-refractivity contribution is 6.17. The Morgan fingerprint density at radius 1 is 0.773 bits per heavy atom. The van der Waals surface area contributed by atoms with Crippen molar-refractivity contribution < 1.29 is 0 Å². The molecule has 1 fully saturated rings. The van der Waals surface area contributed by atoms with Crippen LogP contribution in [0.25, 0.3) is 0 Å². The number of hydrogen-bond acceptors (Lipinski definition) is 2. The fraction of sp³-hybridized carbons (Fsp3) is 0.900. The van der Waals surface area contributed by atoms with Crippen molar-refractivity contribution in [1.29, 1.82) is 0 Å². The first-order valence-electron chi connectivity index (χ1n) is 9.96. The number of rotatable bonds is 11. The molecule has 0 N–H and O–H groups in total. The quantitative estimate of drug-likeness (QED) is 0.398. The van der Waals surface area contributed by atoms with Crippen molar-refractivity contribution in [3.8, 4) is 0 Å². The lowest BCUT2D eigenvalue weighted by molar-refractivity contribution is 0.202. The van der Waals surface area contributed by atoms with E-state index in [1.54, 1.807) is 0 Å². The molecule has 0 bridgehead atoms. The van der Waals surface area contributed by atoms with Gasteiger partial charge in [-0.15, -0.1) is 0 Å². The molecule has 2 nitrogen and oxygen atoms in total. The Morgan fingerprint density at radius 3 is 1.91 bits per heavy atom. The minimum Gasteiger partial charge on any atom is -0.262 e. The summed E-state index contributed by atoms with van der Waals surface area (Å²) in [4.78, 5) is 9.62. The minimum atomic E-state index is -0.0540. The van der Waals surface area contributed by atoms with E-state index in [0.717, 1.165) is 0 Å². The third-order valence-corrected chi connectivity index (χ3v) is 5.57. The van der Waals surface area contributed by atoms with Gasteiger partial charge in [0, 0.05) is 18.3 Å². The van der Waals surface area contributed by atoms with Gasteiger partial charge >= 0.3 is 0 Å². The Hall–Kier alpha value is -0.660. The van der Waals surface area contributed by atoms with Crippen LogP contribution in [0.15, 0.2) is 9.98 Å². The highest BCUT2D eigenvalue weighted by Crippen LogP contribution is 2.40. The molecule has 0 radical (unpaired) electrons. The van der Waals surface area contributed by atoms with Gasteiger partial charge in [-0.25, -0.2) is 0 Å². The summed E-state index contributed by atoms with van der Waals surface area (Å²) in [6, 6.07) is 0. The Morgan fingerprint density at radius 2 is 1.32 bits per heavy atom. The molecule has 1 aliphatic carbocycles. The molecule has 0 amide bonds. The van der Waals surface area contributed by atoms with Crippen LogP contribution in [0.4, 0.5) is 0 Å². The van der Waals surface area contributed by atoms with E-state index >= 15 is 0 Å². The van der Waals surface area contributed by atoms with E-state index in [1.807, 2.05) is 12.4 Å². The smallest absolute Gasteiger partial charge is 0.152 e. The highest BCUT2D eigenvalue weighted by atomic mass is 15.1. The predicted octanol–water partition coefficient (Wildman–Crippen LogP) is 6.34. The van der Waals surface area contributed by atoms with E-state index in [2.05, 4.69) is 6.92 Å². The monoisotopic (exact) mass is 304 g/mol. The first-order valence-corrected chi connectivity index (χ1v) is 9.96. The molecule has 0 aromatic rings. The second kappa shape index (κ2) is 10.2. The Bertz CT molecular complexity index is 328. The van der Waals surface area contributed by atoms with Crippen molar-refractivity contribution in [3.63, 3.8) is 0 Å². The van der Waals surface area contributed by atoms with Crippen molar-refractivity contribution in [2.24, 2.45) is 15.9 Å². The third kappa shape index (κ3) is 5.52. The zero-order chi connectivity index (χ0) is 15.5. The SMILES string of the molecule is CCCCCCCCCCCC1(C2CCCCC2)N=CC=N1. The molecule has 0 aromatic carbocycles. The second-order valence-corrected chi connectivity index (χ2v) is 7.35. The molecule has 1 heterocycles. The Labute approximate surface area is 137 Å². The normalized spacial score (nSPS) is 20.8. The number of unbranched alkanes of at least 4 members (excludes halogenated alkanes) is 8. The third-order valence-electron chi connectivity index (χ3n) is 5.57. The second-order valence-electron chi connectivity index (χ2n) is 7.35. The van der Waals surface area contributed by atoms with Gasteiger partial charge in [0.2, 0.25) is 0 Å². The summed E-state index contributed by atoms with van der Waals surface area (Å²) in [5.74, 6) is 0.713. The molecule has 2 heteroatoms. The van der Waals surface area contributed by atoms with Gasteiger partial charge in [0.05, 0.1) is 0 Å². The maximum absolute atomic E-state index is 4.81.